The quantitative estimate of drug-likeness (QED) is 0.703. The van der Waals surface area contributed by atoms with Crippen LogP contribution in [0.4, 0.5) is 0 Å². The number of nitrogens with zero attached hydrogens (tertiary/aromatic N) is 1. The van der Waals surface area contributed by atoms with Crippen molar-refractivity contribution < 1.29 is 4.79 Å². The maximum atomic E-state index is 11.7. The molecule has 0 aromatic rings. The molecule has 0 spiro atoms. The first kappa shape index (κ1) is 15.0. The third-order valence-electron chi connectivity index (χ3n) is 5.93. The molecule has 2 unspecified atom stereocenters. The normalized spacial score (nSPS) is 35.4. The van der Waals surface area contributed by atoms with Gasteiger partial charge < -0.3 is 9.69 Å². The van der Waals surface area contributed by atoms with Gasteiger partial charge >= 0.3 is 0 Å². The van der Waals surface area contributed by atoms with Crippen molar-refractivity contribution in [2.45, 2.75) is 65.7 Å². The van der Waals surface area contributed by atoms with Crippen LogP contribution in [0.5, 0.6) is 0 Å². The highest BCUT2D eigenvalue weighted by molar-refractivity contribution is 5.60. The van der Waals surface area contributed by atoms with Gasteiger partial charge in [0.25, 0.3) is 0 Å². The first-order valence-electron chi connectivity index (χ1n) is 8.26. The lowest BCUT2D eigenvalue weighted by atomic mass is 9.70. The SMILES string of the molecule is CCC1(CC)CCN(CC2(C=O)CCCC(C)C2)C1. The van der Waals surface area contributed by atoms with E-state index in [1.165, 1.54) is 51.5 Å². The van der Waals surface area contributed by atoms with Crippen molar-refractivity contribution in [2.75, 3.05) is 19.6 Å². The summed E-state index contributed by atoms with van der Waals surface area (Å²) >= 11 is 0. The number of likely N-dealkylation sites (tertiary alicyclic amines) is 1. The predicted octanol–water partition coefficient (Wildman–Crippen LogP) is 3.89. The lowest BCUT2D eigenvalue weighted by Gasteiger charge is -2.39. The second kappa shape index (κ2) is 5.95. The molecule has 0 amide bonds. The van der Waals surface area contributed by atoms with Crippen LogP contribution in [0.2, 0.25) is 0 Å². The molecule has 2 rings (SSSR count). The van der Waals surface area contributed by atoms with Crippen molar-refractivity contribution >= 4 is 6.29 Å². The molecular weight excluding hydrogens is 234 g/mol. The summed E-state index contributed by atoms with van der Waals surface area (Å²) in [5.41, 5.74) is 0.500. The molecule has 0 aromatic heterocycles. The Morgan fingerprint density at radius 1 is 1.26 bits per heavy atom. The minimum Gasteiger partial charge on any atom is -0.303 e. The molecule has 1 saturated carbocycles. The van der Waals surface area contributed by atoms with Gasteiger partial charge in [-0.15, -0.1) is 0 Å². The van der Waals surface area contributed by atoms with Crippen LogP contribution in [0, 0.1) is 16.7 Å². The van der Waals surface area contributed by atoms with E-state index >= 15 is 0 Å². The molecule has 2 atom stereocenters. The molecule has 1 aliphatic heterocycles. The molecule has 0 radical (unpaired) electrons. The number of hydrogen-bond donors (Lipinski definition) is 0. The van der Waals surface area contributed by atoms with Gasteiger partial charge in [-0.1, -0.05) is 33.6 Å². The van der Waals surface area contributed by atoms with Crippen LogP contribution in [0.1, 0.15) is 65.7 Å². The Hall–Kier alpha value is -0.370. The highest BCUT2D eigenvalue weighted by Gasteiger charge is 2.41. The maximum absolute atomic E-state index is 11.7. The van der Waals surface area contributed by atoms with Gasteiger partial charge in [0.2, 0.25) is 0 Å². The summed E-state index contributed by atoms with van der Waals surface area (Å²) in [5.74, 6) is 0.726. The Balaban J connectivity index is 1.98. The topological polar surface area (TPSA) is 20.3 Å². The van der Waals surface area contributed by atoms with E-state index in [4.69, 9.17) is 0 Å². The van der Waals surface area contributed by atoms with Gasteiger partial charge in [-0.3, -0.25) is 0 Å². The van der Waals surface area contributed by atoms with Crippen LogP contribution in [0.15, 0.2) is 0 Å². The molecule has 19 heavy (non-hydrogen) atoms. The number of carbonyl (C=O) groups is 1. The molecule has 0 aromatic carbocycles. The van der Waals surface area contributed by atoms with Gasteiger partial charge in [0.1, 0.15) is 6.29 Å². The standard InChI is InChI=1S/C17H31NO/c1-4-16(5-2)9-10-18(12-16)13-17(14-19)8-6-7-15(3)11-17/h14-15H,4-13H2,1-3H3. The minimum atomic E-state index is -0.0325. The molecular formula is C17H31NO. The van der Waals surface area contributed by atoms with Crippen LogP contribution >= 0.6 is 0 Å². The smallest absolute Gasteiger partial charge is 0.127 e. The fourth-order valence-corrected chi connectivity index (χ4v) is 4.42. The van der Waals surface area contributed by atoms with E-state index < -0.39 is 0 Å². The Morgan fingerprint density at radius 3 is 2.53 bits per heavy atom. The van der Waals surface area contributed by atoms with Crippen LogP contribution in [-0.2, 0) is 4.79 Å². The average molecular weight is 265 g/mol. The summed E-state index contributed by atoms with van der Waals surface area (Å²) < 4.78 is 0. The number of aldehydes is 1. The average Bonchev–Trinajstić information content (AvgIpc) is 2.82. The predicted molar refractivity (Wildman–Crippen MR) is 80.2 cm³/mol. The molecule has 110 valence electrons. The number of carbonyl (C=O) groups excluding carboxylic acids is 1. The van der Waals surface area contributed by atoms with Gasteiger partial charge in [0.05, 0.1) is 0 Å². The van der Waals surface area contributed by atoms with Gasteiger partial charge in [-0.2, -0.15) is 0 Å². The molecule has 2 fully saturated rings. The van der Waals surface area contributed by atoms with E-state index in [1.54, 1.807) is 0 Å². The zero-order valence-corrected chi connectivity index (χ0v) is 13.1. The van der Waals surface area contributed by atoms with Crippen LogP contribution in [-0.4, -0.2) is 30.8 Å². The fourth-order valence-electron chi connectivity index (χ4n) is 4.42. The van der Waals surface area contributed by atoms with Crippen molar-refractivity contribution in [3.05, 3.63) is 0 Å². The van der Waals surface area contributed by atoms with Crippen LogP contribution in [0.25, 0.3) is 0 Å². The fraction of sp³-hybridized carbons (Fsp3) is 0.941. The first-order valence-corrected chi connectivity index (χ1v) is 8.26. The summed E-state index contributed by atoms with van der Waals surface area (Å²) in [6.07, 6.45) is 9.95. The van der Waals surface area contributed by atoms with Crippen molar-refractivity contribution in [2.24, 2.45) is 16.7 Å². The Morgan fingerprint density at radius 2 is 2.00 bits per heavy atom. The monoisotopic (exact) mass is 265 g/mol. The zero-order valence-electron chi connectivity index (χ0n) is 13.1. The van der Waals surface area contributed by atoms with E-state index in [9.17, 15) is 4.79 Å². The van der Waals surface area contributed by atoms with E-state index in [1.807, 2.05) is 0 Å². The largest absolute Gasteiger partial charge is 0.303 e. The summed E-state index contributed by atoms with van der Waals surface area (Å²) in [6.45, 7) is 10.4. The number of rotatable bonds is 5. The second-order valence-corrected chi connectivity index (χ2v) is 7.35. The van der Waals surface area contributed by atoms with Crippen molar-refractivity contribution in [3.8, 4) is 0 Å². The summed E-state index contributed by atoms with van der Waals surface area (Å²) in [7, 11) is 0. The second-order valence-electron chi connectivity index (χ2n) is 7.35. The van der Waals surface area contributed by atoms with Crippen LogP contribution in [0.3, 0.4) is 0 Å². The van der Waals surface area contributed by atoms with Crippen LogP contribution < -0.4 is 0 Å². The number of hydrogen-bond acceptors (Lipinski definition) is 2. The Labute approximate surface area is 118 Å². The highest BCUT2D eigenvalue weighted by atomic mass is 16.1. The Kier molecular flexibility index (Phi) is 4.70. The van der Waals surface area contributed by atoms with E-state index in [2.05, 4.69) is 25.7 Å². The first-order chi connectivity index (χ1) is 9.07. The molecule has 1 aliphatic carbocycles. The van der Waals surface area contributed by atoms with Crippen molar-refractivity contribution in [1.82, 2.24) is 4.90 Å². The van der Waals surface area contributed by atoms with Gasteiger partial charge in [-0.25, -0.2) is 0 Å². The summed E-state index contributed by atoms with van der Waals surface area (Å²) in [4.78, 5) is 14.3. The third-order valence-corrected chi connectivity index (χ3v) is 5.93. The summed E-state index contributed by atoms with van der Waals surface area (Å²) in [5, 5.41) is 0. The lowest BCUT2D eigenvalue weighted by molar-refractivity contribution is -0.120. The van der Waals surface area contributed by atoms with Gasteiger partial charge in [-0.05, 0) is 50.0 Å². The van der Waals surface area contributed by atoms with Crippen molar-refractivity contribution in [1.29, 1.82) is 0 Å². The molecule has 2 aliphatic rings. The minimum absolute atomic E-state index is 0.0325. The maximum Gasteiger partial charge on any atom is 0.127 e. The molecule has 2 heteroatoms. The third kappa shape index (κ3) is 3.21. The van der Waals surface area contributed by atoms with Gasteiger partial charge in [0.15, 0.2) is 0 Å². The van der Waals surface area contributed by atoms with Crippen molar-refractivity contribution in [3.63, 3.8) is 0 Å². The molecule has 1 saturated heterocycles. The van der Waals surface area contributed by atoms with E-state index in [0.29, 0.717) is 5.41 Å². The Bertz CT molecular complexity index is 310. The highest BCUT2D eigenvalue weighted by Crippen LogP contribution is 2.42. The van der Waals surface area contributed by atoms with E-state index in [0.717, 1.165) is 25.3 Å². The van der Waals surface area contributed by atoms with Gasteiger partial charge in [0, 0.05) is 18.5 Å². The summed E-state index contributed by atoms with van der Waals surface area (Å²) in [6, 6.07) is 0. The lowest BCUT2D eigenvalue weighted by Crippen LogP contribution is -2.41. The zero-order chi connectivity index (χ0) is 13.9. The van der Waals surface area contributed by atoms with E-state index in [-0.39, 0.29) is 5.41 Å². The molecule has 1 heterocycles. The molecule has 0 N–H and O–H groups in total. The molecule has 2 nitrogen and oxygen atoms in total. The molecule has 0 bridgehead atoms.